The van der Waals surface area contributed by atoms with Gasteiger partial charge in [0.15, 0.2) is 5.78 Å². The van der Waals surface area contributed by atoms with Gasteiger partial charge < -0.3 is 4.74 Å². The monoisotopic (exact) mass is 298 g/mol. The summed E-state index contributed by atoms with van der Waals surface area (Å²) in [6.07, 6.45) is 2.27. The van der Waals surface area contributed by atoms with E-state index < -0.39 is 5.97 Å². The molecule has 0 bridgehead atoms. The van der Waals surface area contributed by atoms with Gasteiger partial charge in [0, 0.05) is 18.7 Å². The van der Waals surface area contributed by atoms with Crippen LogP contribution in [-0.4, -0.2) is 17.1 Å². The average Bonchev–Trinajstić information content (AvgIpc) is 2.29. The van der Waals surface area contributed by atoms with Crippen LogP contribution in [0.15, 0.2) is 24.3 Å². The molecule has 0 N–H and O–H groups in total. The number of ether oxygens (including phenoxy) is 1. The lowest BCUT2D eigenvalue weighted by Crippen LogP contribution is -2.07. The molecule has 0 fully saturated rings. The molecular formula is C13H15BrO3. The summed E-state index contributed by atoms with van der Waals surface area (Å²) >= 11 is 3.32. The van der Waals surface area contributed by atoms with Crippen molar-refractivity contribution in [1.29, 1.82) is 0 Å². The third-order valence-electron chi connectivity index (χ3n) is 2.23. The van der Waals surface area contributed by atoms with Crippen molar-refractivity contribution in [1.82, 2.24) is 0 Å². The molecule has 0 saturated heterocycles. The Balaban J connectivity index is 2.74. The number of esters is 1. The van der Waals surface area contributed by atoms with E-state index in [1.807, 2.05) is 0 Å². The molecule has 0 aliphatic rings. The lowest BCUT2D eigenvalue weighted by atomic mass is 10.0. The molecule has 0 unspecified atom stereocenters. The number of benzene rings is 1. The van der Waals surface area contributed by atoms with E-state index in [1.165, 1.54) is 6.92 Å². The fraction of sp³-hybridized carbons (Fsp3) is 0.385. The van der Waals surface area contributed by atoms with Gasteiger partial charge in [-0.2, -0.15) is 0 Å². The van der Waals surface area contributed by atoms with Crippen molar-refractivity contribution in [2.45, 2.75) is 26.2 Å². The summed E-state index contributed by atoms with van der Waals surface area (Å²) in [5.41, 5.74) is 0.484. The summed E-state index contributed by atoms with van der Waals surface area (Å²) in [5.74, 6) is -0.0441. The number of alkyl halides is 1. The Hall–Kier alpha value is -1.16. The molecule has 1 aromatic carbocycles. The average molecular weight is 299 g/mol. The quantitative estimate of drug-likeness (QED) is 0.266. The molecule has 0 aliphatic carbocycles. The predicted octanol–water partition coefficient (Wildman–Crippen LogP) is 3.36. The standard InChI is InChI=1S/C13H15BrO3/c1-10(15)17-13-8-3-2-6-11(13)12(16)7-4-5-9-14/h2-3,6,8H,4-5,7,9H2,1H3. The number of Topliss-reactive ketones (excluding diaryl/α,β-unsaturated/α-hetero) is 1. The van der Waals surface area contributed by atoms with E-state index in [0.29, 0.717) is 17.7 Å². The first kappa shape index (κ1) is 13.9. The number of para-hydroxylation sites is 1. The van der Waals surface area contributed by atoms with E-state index in [9.17, 15) is 9.59 Å². The third kappa shape index (κ3) is 4.69. The lowest BCUT2D eigenvalue weighted by molar-refractivity contribution is -0.131. The van der Waals surface area contributed by atoms with Crippen molar-refractivity contribution in [2.24, 2.45) is 0 Å². The van der Waals surface area contributed by atoms with Crippen molar-refractivity contribution in [3.63, 3.8) is 0 Å². The minimum Gasteiger partial charge on any atom is -0.426 e. The zero-order valence-electron chi connectivity index (χ0n) is 9.74. The van der Waals surface area contributed by atoms with Gasteiger partial charge in [0.2, 0.25) is 0 Å². The summed E-state index contributed by atoms with van der Waals surface area (Å²) in [6.45, 7) is 1.33. The zero-order valence-corrected chi connectivity index (χ0v) is 11.3. The highest BCUT2D eigenvalue weighted by Gasteiger charge is 2.12. The van der Waals surface area contributed by atoms with Crippen molar-refractivity contribution < 1.29 is 14.3 Å². The van der Waals surface area contributed by atoms with Crippen molar-refractivity contribution in [3.05, 3.63) is 29.8 Å². The highest BCUT2D eigenvalue weighted by molar-refractivity contribution is 9.09. The Kier molecular flexibility index (Phi) is 5.91. The topological polar surface area (TPSA) is 43.4 Å². The molecule has 0 radical (unpaired) electrons. The van der Waals surface area contributed by atoms with Crippen LogP contribution in [0.5, 0.6) is 5.75 Å². The number of rotatable bonds is 6. The van der Waals surface area contributed by atoms with Gasteiger partial charge in [-0.15, -0.1) is 0 Å². The van der Waals surface area contributed by atoms with Crippen LogP contribution in [-0.2, 0) is 4.79 Å². The van der Waals surface area contributed by atoms with E-state index in [0.717, 1.165) is 18.2 Å². The van der Waals surface area contributed by atoms with Gasteiger partial charge >= 0.3 is 5.97 Å². The van der Waals surface area contributed by atoms with Crippen molar-refractivity contribution in [2.75, 3.05) is 5.33 Å². The minimum atomic E-state index is -0.411. The second kappa shape index (κ2) is 7.22. The predicted molar refractivity (Wildman–Crippen MR) is 69.7 cm³/mol. The number of unbranched alkanes of at least 4 members (excludes halogenated alkanes) is 1. The maximum Gasteiger partial charge on any atom is 0.308 e. The van der Waals surface area contributed by atoms with Gasteiger partial charge in [-0.3, -0.25) is 9.59 Å². The van der Waals surface area contributed by atoms with E-state index in [2.05, 4.69) is 15.9 Å². The number of carbonyl (C=O) groups excluding carboxylic acids is 2. The highest BCUT2D eigenvalue weighted by Crippen LogP contribution is 2.20. The molecule has 0 aromatic heterocycles. The third-order valence-corrected chi connectivity index (χ3v) is 2.79. The van der Waals surface area contributed by atoms with Gasteiger partial charge in [-0.25, -0.2) is 0 Å². The number of carbonyl (C=O) groups is 2. The molecule has 92 valence electrons. The van der Waals surface area contributed by atoms with Crippen LogP contribution in [0, 0.1) is 0 Å². The van der Waals surface area contributed by atoms with E-state index in [1.54, 1.807) is 24.3 Å². The normalized spacial score (nSPS) is 10.0. The van der Waals surface area contributed by atoms with E-state index in [4.69, 9.17) is 4.74 Å². The number of ketones is 1. The second-order valence-electron chi connectivity index (χ2n) is 3.66. The second-order valence-corrected chi connectivity index (χ2v) is 4.45. The Bertz CT molecular complexity index is 401. The first-order chi connectivity index (χ1) is 8.15. The zero-order chi connectivity index (χ0) is 12.7. The molecule has 1 aromatic rings. The smallest absolute Gasteiger partial charge is 0.308 e. The SMILES string of the molecule is CC(=O)Oc1ccccc1C(=O)CCCCBr. The van der Waals surface area contributed by atoms with E-state index >= 15 is 0 Å². The molecule has 0 saturated carbocycles. The maximum atomic E-state index is 11.9. The summed E-state index contributed by atoms with van der Waals surface area (Å²) in [7, 11) is 0. The van der Waals surface area contributed by atoms with E-state index in [-0.39, 0.29) is 5.78 Å². The van der Waals surface area contributed by atoms with Crippen LogP contribution in [0.4, 0.5) is 0 Å². The summed E-state index contributed by atoms with van der Waals surface area (Å²) in [5, 5.41) is 0.895. The first-order valence-electron chi connectivity index (χ1n) is 5.51. The van der Waals surface area contributed by atoms with Crippen LogP contribution in [0.1, 0.15) is 36.5 Å². The largest absolute Gasteiger partial charge is 0.426 e. The first-order valence-corrected chi connectivity index (χ1v) is 6.64. The van der Waals surface area contributed by atoms with Crippen molar-refractivity contribution in [3.8, 4) is 5.75 Å². The van der Waals surface area contributed by atoms with Crippen LogP contribution in [0.3, 0.4) is 0 Å². The Morgan fingerprint density at radius 3 is 2.59 bits per heavy atom. The molecule has 17 heavy (non-hydrogen) atoms. The van der Waals surface area contributed by atoms with Gasteiger partial charge in [-0.05, 0) is 25.0 Å². The van der Waals surface area contributed by atoms with Crippen LogP contribution >= 0.6 is 15.9 Å². The van der Waals surface area contributed by atoms with Crippen LogP contribution < -0.4 is 4.74 Å². The Morgan fingerprint density at radius 1 is 1.24 bits per heavy atom. The molecule has 0 atom stereocenters. The summed E-state index contributed by atoms with van der Waals surface area (Å²) in [6, 6.07) is 6.84. The molecular weight excluding hydrogens is 284 g/mol. The fourth-order valence-corrected chi connectivity index (χ4v) is 1.85. The fourth-order valence-electron chi connectivity index (χ4n) is 1.46. The molecule has 3 nitrogen and oxygen atoms in total. The molecule has 0 heterocycles. The number of hydrogen-bond donors (Lipinski definition) is 0. The van der Waals surface area contributed by atoms with Crippen molar-refractivity contribution >= 4 is 27.7 Å². The summed E-state index contributed by atoms with van der Waals surface area (Å²) in [4.78, 5) is 22.8. The highest BCUT2D eigenvalue weighted by atomic mass is 79.9. The lowest BCUT2D eigenvalue weighted by Gasteiger charge is -2.07. The maximum absolute atomic E-state index is 11.9. The molecule has 0 amide bonds. The molecule has 4 heteroatoms. The van der Waals surface area contributed by atoms with Gasteiger partial charge in [0.25, 0.3) is 0 Å². The Labute approximate surface area is 109 Å². The number of halogens is 1. The Morgan fingerprint density at radius 2 is 1.94 bits per heavy atom. The van der Waals surface area contributed by atoms with Gasteiger partial charge in [0.05, 0.1) is 5.56 Å². The molecule has 1 rings (SSSR count). The summed E-state index contributed by atoms with van der Waals surface area (Å²) < 4.78 is 5.00. The van der Waals surface area contributed by atoms with Gasteiger partial charge in [-0.1, -0.05) is 28.1 Å². The number of hydrogen-bond acceptors (Lipinski definition) is 3. The molecule has 0 aliphatic heterocycles. The van der Waals surface area contributed by atoms with Crippen LogP contribution in [0.25, 0.3) is 0 Å². The minimum absolute atomic E-state index is 0.0165. The molecule has 0 spiro atoms. The van der Waals surface area contributed by atoms with Crippen LogP contribution in [0.2, 0.25) is 0 Å². The van der Waals surface area contributed by atoms with Gasteiger partial charge in [0.1, 0.15) is 5.75 Å².